The van der Waals surface area contributed by atoms with Gasteiger partial charge in [0.15, 0.2) is 0 Å². The molecule has 1 aromatic heterocycles. The molecular weight excluding hydrogens is 311 g/mol. The highest BCUT2D eigenvalue weighted by molar-refractivity contribution is 6.36. The molecule has 0 spiro atoms. The van der Waals surface area contributed by atoms with Gasteiger partial charge in [0.2, 0.25) is 0 Å². The Balaban J connectivity index is 2.79. The van der Waals surface area contributed by atoms with Crippen LogP contribution in [0.25, 0.3) is 0 Å². The number of nitrogens with zero attached hydrogens (tertiary/aromatic N) is 2. The van der Waals surface area contributed by atoms with Crippen LogP contribution < -0.4 is 5.56 Å². The van der Waals surface area contributed by atoms with Crippen LogP contribution in [-0.2, 0) is 0 Å². The number of nitriles is 2. The van der Waals surface area contributed by atoms with Gasteiger partial charge < -0.3 is 5.10 Å². The molecular formula is C14H10Cl2N4O. The predicted octanol–water partition coefficient (Wildman–Crippen LogP) is 3.11. The Kier molecular flexibility index (Phi) is 4.37. The van der Waals surface area contributed by atoms with Crippen molar-refractivity contribution < 1.29 is 0 Å². The summed E-state index contributed by atoms with van der Waals surface area (Å²) in [6.07, 6.45) is 0. The first kappa shape index (κ1) is 15.2. The van der Waals surface area contributed by atoms with Gasteiger partial charge in [-0.05, 0) is 24.6 Å². The Hall–Kier alpha value is -2.21. The zero-order valence-corrected chi connectivity index (χ0v) is 12.5. The molecule has 2 rings (SSSR count). The Bertz CT molecular complexity index is 775. The molecule has 0 bridgehead atoms. The second kappa shape index (κ2) is 6.05. The van der Waals surface area contributed by atoms with Crippen LogP contribution in [0.5, 0.6) is 0 Å². The molecule has 1 heterocycles. The van der Waals surface area contributed by atoms with Gasteiger partial charge in [-0.3, -0.25) is 9.89 Å². The number of aromatic nitrogens is 2. The lowest BCUT2D eigenvalue weighted by atomic mass is 9.82. The third kappa shape index (κ3) is 2.67. The van der Waals surface area contributed by atoms with E-state index < -0.39 is 17.4 Å². The molecule has 0 aliphatic heterocycles. The standard InChI is InChI=1S/C14H10Cl2N4O/c1-7-11(14(21)20-19-7)12(8(5-17)6-18)13-9(15)3-2-4-10(13)16/h2-4,8,12H,1H3,(H2,19,20,21). The largest absolute Gasteiger partial charge is 0.302 e. The van der Waals surface area contributed by atoms with Crippen LogP contribution in [0.2, 0.25) is 10.0 Å². The Morgan fingerprint density at radius 1 is 1.10 bits per heavy atom. The number of hydrogen-bond acceptors (Lipinski definition) is 3. The highest BCUT2D eigenvalue weighted by atomic mass is 35.5. The minimum Gasteiger partial charge on any atom is -0.302 e. The zero-order chi connectivity index (χ0) is 15.6. The van der Waals surface area contributed by atoms with Crippen LogP contribution in [0, 0.1) is 35.5 Å². The maximum absolute atomic E-state index is 12.0. The number of hydrogen-bond donors (Lipinski definition) is 2. The number of nitrogens with one attached hydrogen (secondary N) is 2. The van der Waals surface area contributed by atoms with Crippen molar-refractivity contribution in [3.8, 4) is 12.1 Å². The van der Waals surface area contributed by atoms with E-state index in [1.54, 1.807) is 25.1 Å². The molecule has 106 valence electrons. The van der Waals surface area contributed by atoms with E-state index in [4.69, 9.17) is 23.2 Å². The van der Waals surface area contributed by atoms with Gasteiger partial charge in [-0.15, -0.1) is 0 Å². The lowest BCUT2D eigenvalue weighted by Crippen LogP contribution is -2.20. The van der Waals surface area contributed by atoms with Crippen LogP contribution in [0.15, 0.2) is 23.0 Å². The van der Waals surface area contributed by atoms with Gasteiger partial charge in [0.05, 0.1) is 12.1 Å². The van der Waals surface area contributed by atoms with Gasteiger partial charge in [0.1, 0.15) is 5.92 Å². The summed E-state index contributed by atoms with van der Waals surface area (Å²) in [7, 11) is 0. The topological polar surface area (TPSA) is 96.2 Å². The third-order valence-corrected chi connectivity index (χ3v) is 3.90. The van der Waals surface area contributed by atoms with Crippen LogP contribution in [0.1, 0.15) is 22.7 Å². The molecule has 1 aromatic carbocycles. The van der Waals surface area contributed by atoms with Crippen molar-refractivity contribution >= 4 is 23.2 Å². The highest BCUT2D eigenvalue weighted by Crippen LogP contribution is 2.39. The number of benzene rings is 1. The van der Waals surface area contributed by atoms with Crippen molar-refractivity contribution in [3.05, 3.63) is 55.4 Å². The minimum atomic E-state index is -1.09. The van der Waals surface area contributed by atoms with Crippen LogP contribution >= 0.6 is 23.2 Å². The Morgan fingerprint density at radius 2 is 1.67 bits per heavy atom. The number of halogens is 2. The van der Waals surface area contributed by atoms with Crippen molar-refractivity contribution in [1.82, 2.24) is 10.2 Å². The van der Waals surface area contributed by atoms with E-state index in [2.05, 4.69) is 10.2 Å². The number of H-pyrrole nitrogens is 2. The molecule has 0 saturated heterocycles. The maximum atomic E-state index is 12.0. The lowest BCUT2D eigenvalue weighted by Gasteiger charge is -2.19. The molecule has 0 aliphatic rings. The van der Waals surface area contributed by atoms with Crippen molar-refractivity contribution in [2.75, 3.05) is 0 Å². The van der Waals surface area contributed by atoms with E-state index in [9.17, 15) is 15.3 Å². The van der Waals surface area contributed by atoms with E-state index in [0.29, 0.717) is 21.3 Å². The minimum absolute atomic E-state index is 0.290. The average molecular weight is 321 g/mol. The summed E-state index contributed by atoms with van der Waals surface area (Å²) in [5.74, 6) is -1.91. The quantitative estimate of drug-likeness (QED) is 0.909. The normalized spacial score (nSPS) is 11.9. The van der Waals surface area contributed by atoms with Crippen LogP contribution in [-0.4, -0.2) is 10.2 Å². The van der Waals surface area contributed by atoms with E-state index in [-0.39, 0.29) is 5.56 Å². The van der Waals surface area contributed by atoms with Gasteiger partial charge in [-0.25, -0.2) is 0 Å². The number of rotatable bonds is 3. The van der Waals surface area contributed by atoms with E-state index in [1.807, 2.05) is 12.1 Å². The van der Waals surface area contributed by atoms with Gasteiger partial charge in [0, 0.05) is 27.2 Å². The van der Waals surface area contributed by atoms with Crippen LogP contribution in [0.3, 0.4) is 0 Å². The maximum Gasteiger partial charge on any atom is 0.268 e. The molecule has 0 radical (unpaired) electrons. The molecule has 1 unspecified atom stereocenters. The van der Waals surface area contributed by atoms with Gasteiger partial charge in [0.25, 0.3) is 5.56 Å². The lowest BCUT2D eigenvalue weighted by molar-refractivity contribution is 0.701. The summed E-state index contributed by atoms with van der Waals surface area (Å²) >= 11 is 12.4. The zero-order valence-electron chi connectivity index (χ0n) is 10.9. The molecule has 0 aliphatic carbocycles. The number of aryl methyl sites for hydroxylation is 1. The molecule has 0 amide bonds. The molecule has 1 atom stereocenters. The third-order valence-electron chi connectivity index (χ3n) is 3.25. The fraction of sp³-hybridized carbons (Fsp3) is 0.214. The van der Waals surface area contributed by atoms with E-state index in [0.717, 1.165) is 0 Å². The van der Waals surface area contributed by atoms with E-state index >= 15 is 0 Å². The number of aromatic amines is 2. The summed E-state index contributed by atoms with van der Waals surface area (Å²) in [6, 6.07) is 8.68. The second-order valence-electron chi connectivity index (χ2n) is 4.47. The fourth-order valence-corrected chi connectivity index (χ4v) is 2.93. The Labute approximate surface area is 130 Å². The molecule has 21 heavy (non-hydrogen) atoms. The highest BCUT2D eigenvalue weighted by Gasteiger charge is 2.32. The SMILES string of the molecule is Cc1[nH][nH]c(=O)c1C(c1c(Cl)cccc1Cl)C(C#N)C#N. The van der Waals surface area contributed by atoms with E-state index in [1.165, 1.54) is 0 Å². The summed E-state index contributed by atoms with van der Waals surface area (Å²) in [5, 5.41) is 24.2. The smallest absolute Gasteiger partial charge is 0.268 e. The first-order valence-electron chi connectivity index (χ1n) is 6.01. The summed E-state index contributed by atoms with van der Waals surface area (Å²) in [4.78, 5) is 12.0. The summed E-state index contributed by atoms with van der Waals surface area (Å²) in [5.41, 5.74) is 0.834. The Morgan fingerprint density at radius 3 is 2.10 bits per heavy atom. The van der Waals surface area contributed by atoms with Gasteiger partial charge >= 0.3 is 0 Å². The molecule has 2 aromatic rings. The fourth-order valence-electron chi connectivity index (χ4n) is 2.29. The van der Waals surface area contributed by atoms with Crippen molar-refractivity contribution in [2.45, 2.75) is 12.8 Å². The van der Waals surface area contributed by atoms with Crippen molar-refractivity contribution in [2.24, 2.45) is 5.92 Å². The van der Waals surface area contributed by atoms with Crippen LogP contribution in [0.4, 0.5) is 0 Å². The van der Waals surface area contributed by atoms with Gasteiger partial charge in [-0.1, -0.05) is 29.3 Å². The van der Waals surface area contributed by atoms with Gasteiger partial charge in [-0.2, -0.15) is 10.5 Å². The molecule has 7 heteroatoms. The average Bonchev–Trinajstić information content (AvgIpc) is 2.77. The molecule has 5 nitrogen and oxygen atoms in total. The molecule has 0 fully saturated rings. The van der Waals surface area contributed by atoms with Crippen molar-refractivity contribution in [1.29, 1.82) is 10.5 Å². The van der Waals surface area contributed by atoms with Crippen molar-refractivity contribution in [3.63, 3.8) is 0 Å². The monoisotopic (exact) mass is 320 g/mol. The first-order chi connectivity index (χ1) is 10.0. The predicted molar refractivity (Wildman–Crippen MR) is 79.2 cm³/mol. The summed E-state index contributed by atoms with van der Waals surface area (Å²) in [6.45, 7) is 1.68. The first-order valence-corrected chi connectivity index (χ1v) is 6.77. The molecule has 2 N–H and O–H groups in total. The molecule has 0 saturated carbocycles. The summed E-state index contributed by atoms with van der Waals surface area (Å²) < 4.78 is 0. The second-order valence-corrected chi connectivity index (χ2v) is 5.28.